The van der Waals surface area contributed by atoms with E-state index in [1.165, 1.54) is 32.1 Å². The van der Waals surface area contributed by atoms with Crippen LogP contribution in [0.3, 0.4) is 0 Å². The van der Waals surface area contributed by atoms with Crippen LogP contribution in [-0.4, -0.2) is 24.0 Å². The highest BCUT2D eigenvalue weighted by Gasteiger charge is 2.30. The summed E-state index contributed by atoms with van der Waals surface area (Å²) in [6.45, 7) is 0.845. The molecule has 3 heteroatoms. The van der Waals surface area contributed by atoms with E-state index < -0.39 is 0 Å². The third-order valence-corrected chi connectivity index (χ3v) is 4.12. The minimum absolute atomic E-state index is 0.346. The van der Waals surface area contributed by atoms with E-state index in [1.54, 1.807) is 0 Å². The Bertz CT molecular complexity index is 143. The first-order valence-corrected chi connectivity index (χ1v) is 5.78. The van der Waals surface area contributed by atoms with Crippen LogP contribution in [-0.2, 0) is 4.79 Å². The molecule has 1 N–H and O–H groups in total. The molecule has 1 aliphatic carbocycles. The highest BCUT2D eigenvalue weighted by atomic mass is 32.2. The molecule has 12 heavy (non-hydrogen) atoms. The summed E-state index contributed by atoms with van der Waals surface area (Å²) in [5.74, 6) is 0. The predicted octanol–water partition coefficient (Wildman–Crippen LogP) is 1.80. The van der Waals surface area contributed by atoms with Gasteiger partial charge in [0.1, 0.15) is 0 Å². The smallest absolute Gasteiger partial charge is 0.207 e. The summed E-state index contributed by atoms with van der Waals surface area (Å²) in [6, 6.07) is 0. The Kier molecular flexibility index (Phi) is 3.92. The van der Waals surface area contributed by atoms with E-state index in [9.17, 15) is 4.79 Å². The number of carbonyl (C=O) groups is 1. The molecule has 1 saturated carbocycles. The first-order chi connectivity index (χ1) is 5.83. The molecular weight excluding hydrogens is 170 g/mol. The zero-order chi connectivity index (χ0) is 8.86. The second kappa shape index (κ2) is 4.75. The molecule has 0 aromatic heterocycles. The lowest BCUT2D eigenvalue weighted by molar-refractivity contribution is -0.109. The van der Waals surface area contributed by atoms with E-state index in [0.717, 1.165) is 13.0 Å². The van der Waals surface area contributed by atoms with Crippen molar-refractivity contribution in [2.24, 2.45) is 0 Å². The van der Waals surface area contributed by atoms with Crippen LogP contribution < -0.4 is 5.32 Å². The normalized spacial score (nSPS) is 21.8. The van der Waals surface area contributed by atoms with Crippen LogP contribution >= 0.6 is 11.8 Å². The largest absolute Gasteiger partial charge is 0.357 e. The molecular formula is C9H17NOS. The van der Waals surface area contributed by atoms with Gasteiger partial charge in [0.25, 0.3) is 0 Å². The zero-order valence-electron chi connectivity index (χ0n) is 7.64. The minimum atomic E-state index is 0.346. The maximum absolute atomic E-state index is 10.2. The Balaban J connectivity index is 2.41. The van der Waals surface area contributed by atoms with Crippen molar-refractivity contribution < 1.29 is 4.79 Å². The Hall–Kier alpha value is -0.180. The van der Waals surface area contributed by atoms with Crippen molar-refractivity contribution >= 4 is 18.2 Å². The molecule has 1 aliphatic rings. The van der Waals surface area contributed by atoms with Gasteiger partial charge in [0.05, 0.1) is 0 Å². The predicted molar refractivity (Wildman–Crippen MR) is 53.4 cm³/mol. The number of carbonyl (C=O) groups excluding carboxylic acids is 1. The van der Waals surface area contributed by atoms with Gasteiger partial charge in [-0.3, -0.25) is 4.79 Å². The SMILES string of the molecule is CSC1(CNC=O)CCCCC1. The zero-order valence-corrected chi connectivity index (χ0v) is 8.45. The van der Waals surface area contributed by atoms with E-state index in [2.05, 4.69) is 11.6 Å². The molecule has 1 fully saturated rings. The molecule has 0 unspecified atom stereocenters. The highest BCUT2D eigenvalue weighted by Crippen LogP contribution is 2.37. The summed E-state index contributed by atoms with van der Waals surface area (Å²) in [5, 5.41) is 2.81. The second-order valence-corrected chi connectivity index (χ2v) is 4.72. The first-order valence-electron chi connectivity index (χ1n) is 4.55. The number of hydrogen-bond acceptors (Lipinski definition) is 2. The molecule has 1 rings (SSSR count). The van der Waals surface area contributed by atoms with Crippen LogP contribution in [0.2, 0.25) is 0 Å². The van der Waals surface area contributed by atoms with Gasteiger partial charge in [-0.15, -0.1) is 0 Å². The van der Waals surface area contributed by atoms with Crippen LogP contribution in [0.25, 0.3) is 0 Å². The van der Waals surface area contributed by atoms with E-state index in [0.29, 0.717) is 4.75 Å². The molecule has 0 bridgehead atoms. The van der Waals surface area contributed by atoms with Crippen LogP contribution in [0.5, 0.6) is 0 Å². The fourth-order valence-corrected chi connectivity index (χ4v) is 2.80. The molecule has 2 nitrogen and oxygen atoms in total. The lowest BCUT2D eigenvalue weighted by atomic mass is 9.88. The van der Waals surface area contributed by atoms with Gasteiger partial charge in [0, 0.05) is 11.3 Å². The number of rotatable bonds is 4. The topological polar surface area (TPSA) is 29.1 Å². The minimum Gasteiger partial charge on any atom is -0.357 e. The van der Waals surface area contributed by atoms with Crippen LogP contribution in [0.4, 0.5) is 0 Å². The summed E-state index contributed by atoms with van der Waals surface area (Å²) in [5.41, 5.74) is 0. The standard InChI is InChI=1S/C9H17NOS/c1-12-9(7-10-8-11)5-3-2-4-6-9/h8H,2-7H2,1H3,(H,10,11). The van der Waals surface area contributed by atoms with Gasteiger partial charge >= 0.3 is 0 Å². The maximum Gasteiger partial charge on any atom is 0.207 e. The molecule has 1 amide bonds. The first kappa shape index (κ1) is 9.90. The van der Waals surface area contributed by atoms with Gasteiger partial charge in [0.2, 0.25) is 6.41 Å². The summed E-state index contributed by atoms with van der Waals surface area (Å²) in [4.78, 5) is 10.2. The van der Waals surface area contributed by atoms with Crippen molar-refractivity contribution in [2.75, 3.05) is 12.8 Å². The lowest BCUT2D eigenvalue weighted by Gasteiger charge is -2.35. The van der Waals surface area contributed by atoms with Crippen LogP contribution in [0, 0.1) is 0 Å². The molecule has 0 heterocycles. The average Bonchev–Trinajstić information content (AvgIpc) is 2.16. The summed E-state index contributed by atoms with van der Waals surface area (Å²) in [7, 11) is 0. The third kappa shape index (κ3) is 2.41. The highest BCUT2D eigenvalue weighted by molar-refractivity contribution is 8.00. The molecule has 0 radical (unpaired) electrons. The van der Waals surface area contributed by atoms with Crippen LogP contribution in [0.15, 0.2) is 0 Å². The van der Waals surface area contributed by atoms with E-state index in [-0.39, 0.29) is 0 Å². The summed E-state index contributed by atoms with van der Waals surface area (Å²) < 4.78 is 0.346. The number of amides is 1. The third-order valence-electron chi connectivity index (χ3n) is 2.71. The van der Waals surface area contributed by atoms with Gasteiger partial charge in [-0.05, 0) is 19.1 Å². The Morgan fingerprint density at radius 2 is 2.08 bits per heavy atom. The molecule has 0 aromatic carbocycles. The second-order valence-electron chi connectivity index (χ2n) is 3.45. The lowest BCUT2D eigenvalue weighted by Crippen LogP contribution is -2.38. The van der Waals surface area contributed by atoms with Gasteiger partial charge in [-0.25, -0.2) is 0 Å². The summed E-state index contributed by atoms with van der Waals surface area (Å²) >= 11 is 1.91. The Morgan fingerprint density at radius 3 is 2.58 bits per heavy atom. The number of thioether (sulfide) groups is 1. The van der Waals surface area contributed by atoms with Crippen molar-refractivity contribution in [3.8, 4) is 0 Å². The Labute approximate surface area is 78.5 Å². The van der Waals surface area contributed by atoms with Gasteiger partial charge < -0.3 is 5.32 Å². The maximum atomic E-state index is 10.2. The van der Waals surface area contributed by atoms with Gasteiger partial charge in [0.15, 0.2) is 0 Å². The fourth-order valence-electron chi connectivity index (χ4n) is 1.88. The van der Waals surface area contributed by atoms with Crippen molar-refractivity contribution in [3.63, 3.8) is 0 Å². The molecule has 0 atom stereocenters. The van der Waals surface area contributed by atoms with Gasteiger partial charge in [-0.2, -0.15) is 11.8 Å². The molecule has 0 aromatic rings. The quantitative estimate of drug-likeness (QED) is 0.680. The van der Waals surface area contributed by atoms with Gasteiger partial charge in [-0.1, -0.05) is 19.3 Å². The van der Waals surface area contributed by atoms with E-state index in [4.69, 9.17) is 0 Å². The Morgan fingerprint density at radius 1 is 1.42 bits per heavy atom. The average molecular weight is 187 g/mol. The number of hydrogen-bond donors (Lipinski definition) is 1. The van der Waals surface area contributed by atoms with Crippen molar-refractivity contribution in [3.05, 3.63) is 0 Å². The molecule has 70 valence electrons. The van der Waals surface area contributed by atoms with E-state index >= 15 is 0 Å². The van der Waals surface area contributed by atoms with Crippen molar-refractivity contribution in [1.82, 2.24) is 5.32 Å². The van der Waals surface area contributed by atoms with Crippen LogP contribution in [0.1, 0.15) is 32.1 Å². The monoisotopic (exact) mass is 187 g/mol. The molecule has 0 spiro atoms. The fraction of sp³-hybridized carbons (Fsp3) is 0.889. The van der Waals surface area contributed by atoms with E-state index in [1.807, 2.05) is 11.8 Å². The van der Waals surface area contributed by atoms with Crippen molar-refractivity contribution in [1.29, 1.82) is 0 Å². The summed E-state index contributed by atoms with van der Waals surface area (Å²) in [6.07, 6.45) is 9.49. The molecule has 0 aliphatic heterocycles. The molecule has 0 saturated heterocycles. The van der Waals surface area contributed by atoms with Crippen molar-refractivity contribution in [2.45, 2.75) is 36.9 Å². The number of nitrogens with one attached hydrogen (secondary N) is 1.